The summed E-state index contributed by atoms with van der Waals surface area (Å²) in [7, 11) is -0.434. The van der Waals surface area contributed by atoms with E-state index in [0.717, 1.165) is 11.3 Å². The van der Waals surface area contributed by atoms with Gasteiger partial charge in [0.2, 0.25) is 0 Å². The average Bonchev–Trinajstić information content (AvgIpc) is 2.80. The van der Waals surface area contributed by atoms with Gasteiger partial charge in [-0.25, -0.2) is 0 Å². The minimum Gasteiger partial charge on any atom is -0.0844 e. The van der Waals surface area contributed by atoms with Gasteiger partial charge in [0, 0.05) is 4.90 Å². The van der Waals surface area contributed by atoms with E-state index in [4.69, 9.17) is 0 Å². The number of benzene rings is 1. The summed E-state index contributed by atoms with van der Waals surface area (Å²) in [6, 6.07) is 9.36. The van der Waals surface area contributed by atoms with Gasteiger partial charge in [-0.1, -0.05) is 138 Å². The molecule has 2 heteroatoms. The summed E-state index contributed by atoms with van der Waals surface area (Å²) in [6.07, 6.45) is 23.6. The maximum absolute atomic E-state index is 2.60. The molecule has 0 N–H and O–H groups in total. The Morgan fingerprint density at radius 1 is 0.743 bits per heavy atom. The Balaban J connectivity index is 2.01. The molecule has 0 nitrogen and oxygen atoms in total. The van der Waals surface area contributed by atoms with Crippen molar-refractivity contribution in [2.45, 2.75) is 146 Å². The van der Waals surface area contributed by atoms with E-state index >= 15 is 0 Å². The summed E-state index contributed by atoms with van der Waals surface area (Å²) >= 11 is 0. The highest BCUT2D eigenvalue weighted by molar-refractivity contribution is 7.80. The Morgan fingerprint density at radius 2 is 1.26 bits per heavy atom. The molecule has 0 aliphatic heterocycles. The minimum atomic E-state index is -0.300. The number of rotatable bonds is 5. The molecule has 0 amide bonds. The molecule has 0 radical (unpaired) electrons. The molecule has 194 valence electrons. The van der Waals surface area contributed by atoms with Crippen LogP contribution in [0.25, 0.3) is 5.57 Å². The van der Waals surface area contributed by atoms with Crippen molar-refractivity contribution in [3.8, 4) is 0 Å². The van der Waals surface area contributed by atoms with Crippen LogP contribution in [0.15, 0.2) is 42.5 Å². The Bertz CT molecular complexity index is 868. The molecule has 1 atom stereocenters. The van der Waals surface area contributed by atoms with Crippen LogP contribution < -0.4 is 0 Å². The monoisotopic (exact) mass is 510 g/mol. The molecule has 0 heterocycles. The zero-order valence-electron chi connectivity index (χ0n) is 23.9. The molecular weight excluding hydrogens is 458 g/mol. The molecule has 3 aliphatic rings. The normalized spacial score (nSPS) is 25.3. The van der Waals surface area contributed by atoms with Crippen LogP contribution in [0.3, 0.4) is 0 Å². The molecule has 0 spiro atoms. The van der Waals surface area contributed by atoms with Crippen LogP contribution >= 0.6 is 15.8 Å². The van der Waals surface area contributed by atoms with Gasteiger partial charge >= 0.3 is 0 Å². The van der Waals surface area contributed by atoms with Crippen molar-refractivity contribution in [2.75, 3.05) is 0 Å². The van der Waals surface area contributed by atoms with Crippen LogP contribution in [0, 0.1) is 6.92 Å². The van der Waals surface area contributed by atoms with Crippen LogP contribution in [0.5, 0.6) is 0 Å². The predicted octanol–water partition coefficient (Wildman–Crippen LogP) is 11.3. The summed E-state index contributed by atoms with van der Waals surface area (Å²) in [5.74, 6) is 0. The van der Waals surface area contributed by atoms with E-state index in [1.165, 1.54) is 76.2 Å². The first-order valence-corrected chi connectivity index (χ1v) is 17.4. The predicted molar refractivity (Wildman–Crippen MR) is 163 cm³/mol. The van der Waals surface area contributed by atoms with E-state index in [-0.39, 0.29) is 15.8 Å². The summed E-state index contributed by atoms with van der Waals surface area (Å²) in [5.41, 5.74) is 6.66. The van der Waals surface area contributed by atoms with E-state index in [2.05, 4.69) is 91.0 Å². The lowest BCUT2D eigenvalue weighted by molar-refractivity contribution is 0.480. The molecule has 0 aromatic heterocycles. The number of allylic oxidation sites excluding steroid dienone is 4. The number of aryl methyl sites for hydroxylation is 1. The first-order valence-electron chi connectivity index (χ1n) is 14.6. The van der Waals surface area contributed by atoms with Gasteiger partial charge in [-0.15, -0.1) is 0 Å². The maximum atomic E-state index is 2.60. The molecule has 1 aromatic rings. The van der Waals surface area contributed by atoms with E-state index in [1.54, 1.807) is 11.1 Å². The lowest BCUT2D eigenvalue weighted by atomic mass is 9.93. The Kier molecular flexibility index (Phi) is 8.77. The standard InChI is InChI=1S/C33H52P2/c1-26-18-14-15-23-29(26)30-24-16-17-25-33(30,35(31(2,3)4)32(5,6)7)34(27-19-10-8-11-20-27)28-21-12-9-13-22-28/h14-18,23-24,27-28H,8-13,19-22,25H2,1-7H3. The molecule has 3 aliphatic carbocycles. The van der Waals surface area contributed by atoms with E-state index in [0.29, 0.717) is 15.2 Å². The van der Waals surface area contributed by atoms with Crippen molar-refractivity contribution in [1.82, 2.24) is 0 Å². The van der Waals surface area contributed by atoms with Gasteiger partial charge in [0.05, 0.1) is 0 Å². The molecule has 2 saturated carbocycles. The highest BCUT2D eigenvalue weighted by Crippen LogP contribution is 2.85. The van der Waals surface area contributed by atoms with Crippen LogP contribution in [0.4, 0.5) is 0 Å². The summed E-state index contributed by atoms with van der Waals surface area (Å²) in [5, 5.41) is 0.620. The number of hydrogen-bond acceptors (Lipinski definition) is 0. The Labute approximate surface area is 220 Å². The van der Waals surface area contributed by atoms with Gasteiger partial charge < -0.3 is 0 Å². The van der Waals surface area contributed by atoms with Gasteiger partial charge in [-0.2, -0.15) is 0 Å². The van der Waals surface area contributed by atoms with Crippen molar-refractivity contribution in [3.63, 3.8) is 0 Å². The van der Waals surface area contributed by atoms with Crippen LogP contribution in [0.2, 0.25) is 0 Å². The third-order valence-electron chi connectivity index (χ3n) is 8.74. The third-order valence-corrected chi connectivity index (χ3v) is 17.8. The largest absolute Gasteiger partial charge is 0.0844 e. The average molecular weight is 511 g/mol. The zero-order valence-corrected chi connectivity index (χ0v) is 25.7. The van der Waals surface area contributed by atoms with Crippen LogP contribution in [0.1, 0.15) is 123 Å². The van der Waals surface area contributed by atoms with E-state index < -0.39 is 0 Å². The summed E-state index contributed by atoms with van der Waals surface area (Å²) in [6.45, 7) is 17.9. The van der Waals surface area contributed by atoms with Crippen molar-refractivity contribution in [2.24, 2.45) is 0 Å². The van der Waals surface area contributed by atoms with Gasteiger partial charge in [-0.05, 0) is 77.4 Å². The fourth-order valence-corrected chi connectivity index (χ4v) is 21.2. The second kappa shape index (κ2) is 11.1. The topological polar surface area (TPSA) is 0 Å². The fourth-order valence-electron chi connectivity index (χ4n) is 8.13. The maximum Gasteiger partial charge on any atom is 0.0406 e. The molecule has 35 heavy (non-hydrogen) atoms. The van der Waals surface area contributed by atoms with E-state index in [9.17, 15) is 0 Å². The first-order chi connectivity index (χ1) is 16.6. The van der Waals surface area contributed by atoms with Gasteiger partial charge in [0.15, 0.2) is 0 Å². The minimum absolute atomic E-state index is 0.133. The molecular formula is C33H52P2. The SMILES string of the molecule is Cc1ccccc1C1=CC=CCC1(P(C1CCCCC1)C1CCCCC1)P(C(C)(C)C)C(C)(C)C. The smallest absolute Gasteiger partial charge is 0.0406 e. The molecule has 0 bridgehead atoms. The first kappa shape index (κ1) is 27.6. The van der Waals surface area contributed by atoms with Crippen LogP contribution in [-0.4, -0.2) is 26.5 Å². The zero-order chi connectivity index (χ0) is 25.3. The van der Waals surface area contributed by atoms with Crippen molar-refractivity contribution >= 4 is 21.4 Å². The lowest BCUT2D eigenvalue weighted by Crippen LogP contribution is -2.45. The van der Waals surface area contributed by atoms with Crippen molar-refractivity contribution in [1.29, 1.82) is 0 Å². The van der Waals surface area contributed by atoms with Gasteiger partial charge in [0.25, 0.3) is 0 Å². The van der Waals surface area contributed by atoms with E-state index in [1.807, 2.05) is 0 Å². The lowest BCUT2D eigenvalue weighted by Gasteiger charge is -2.62. The molecule has 4 rings (SSSR count). The third kappa shape index (κ3) is 5.70. The molecule has 1 aromatic carbocycles. The second-order valence-corrected chi connectivity index (χ2v) is 21.0. The van der Waals surface area contributed by atoms with Gasteiger partial charge in [-0.3, -0.25) is 0 Å². The van der Waals surface area contributed by atoms with Crippen molar-refractivity contribution < 1.29 is 0 Å². The molecule has 1 unspecified atom stereocenters. The Hall–Kier alpha value is -0.440. The number of hydrogen-bond donors (Lipinski definition) is 0. The van der Waals surface area contributed by atoms with Crippen LogP contribution in [-0.2, 0) is 0 Å². The molecule has 0 saturated heterocycles. The second-order valence-electron chi connectivity index (χ2n) is 13.5. The highest BCUT2D eigenvalue weighted by Gasteiger charge is 2.58. The quantitative estimate of drug-likeness (QED) is 0.346. The van der Waals surface area contributed by atoms with Gasteiger partial charge in [0.1, 0.15) is 0 Å². The fraction of sp³-hybridized carbons (Fsp3) is 0.697. The summed E-state index contributed by atoms with van der Waals surface area (Å²) < 4.78 is 0. The molecule has 2 fully saturated rings. The van der Waals surface area contributed by atoms with Crippen molar-refractivity contribution in [3.05, 3.63) is 53.6 Å². The summed E-state index contributed by atoms with van der Waals surface area (Å²) in [4.78, 5) is 0.312. The highest BCUT2D eigenvalue weighted by atomic mass is 31.2. The Morgan fingerprint density at radius 3 is 1.74 bits per heavy atom.